The van der Waals surface area contributed by atoms with E-state index in [0.717, 1.165) is 77.4 Å². The number of amides is 1. The summed E-state index contributed by atoms with van der Waals surface area (Å²) in [4.78, 5) is 31.8. The molecule has 39 heavy (non-hydrogen) atoms. The van der Waals surface area contributed by atoms with Crippen molar-refractivity contribution in [3.8, 4) is 5.75 Å². The first kappa shape index (κ1) is 27.0. The van der Waals surface area contributed by atoms with E-state index in [1.54, 1.807) is 12.1 Å². The van der Waals surface area contributed by atoms with Crippen LogP contribution in [-0.4, -0.2) is 51.7 Å². The highest BCUT2D eigenvalue weighted by Crippen LogP contribution is 2.25. The highest BCUT2D eigenvalue weighted by Gasteiger charge is 2.29. The number of aromatic nitrogens is 3. The van der Waals surface area contributed by atoms with Crippen molar-refractivity contribution in [3.63, 3.8) is 0 Å². The Hall–Kier alpha value is -3.56. The monoisotopic (exact) mass is 545 g/mol. The number of nitrogens with one attached hydrogen (secondary N) is 2. The Labute approximate surface area is 232 Å². The van der Waals surface area contributed by atoms with Gasteiger partial charge in [-0.2, -0.15) is 5.10 Å². The minimum atomic E-state index is -0.168. The highest BCUT2D eigenvalue weighted by molar-refractivity contribution is 7.08. The second-order valence-corrected chi connectivity index (χ2v) is 11.3. The Morgan fingerprint density at radius 1 is 1.18 bits per heavy atom. The number of carbonyl (C=O) groups excluding carboxylic acids is 1. The number of H-pyrrole nitrogens is 1. The summed E-state index contributed by atoms with van der Waals surface area (Å²) < 4.78 is 6.07. The molecule has 0 spiro atoms. The van der Waals surface area contributed by atoms with Gasteiger partial charge in [-0.25, -0.2) is 5.10 Å². The van der Waals surface area contributed by atoms with E-state index >= 15 is 0 Å². The number of hydrogen-bond donors (Lipinski definition) is 2. The van der Waals surface area contributed by atoms with E-state index in [1.807, 2.05) is 43.3 Å². The summed E-state index contributed by atoms with van der Waals surface area (Å²) in [6, 6.07) is 17.3. The number of aryl methyl sites for hydroxylation is 1. The number of pyridine rings is 1. The number of benzene rings is 2. The van der Waals surface area contributed by atoms with Gasteiger partial charge in [0.1, 0.15) is 17.4 Å². The van der Waals surface area contributed by atoms with Gasteiger partial charge in [-0.05, 0) is 88.1 Å². The fraction of sp³-hybridized carbons (Fsp3) is 0.400. The predicted molar refractivity (Wildman–Crippen MR) is 154 cm³/mol. The lowest BCUT2D eigenvalue weighted by Crippen LogP contribution is -2.46. The molecule has 2 aromatic carbocycles. The summed E-state index contributed by atoms with van der Waals surface area (Å²) in [5.41, 5.74) is 3.56. The first-order valence-electron chi connectivity index (χ1n) is 13.6. The number of carbonyl (C=O) groups is 1. The molecule has 1 atom stereocenters. The molecule has 5 rings (SSSR count). The zero-order valence-electron chi connectivity index (χ0n) is 22.5. The van der Waals surface area contributed by atoms with Gasteiger partial charge in [0.2, 0.25) is 0 Å². The summed E-state index contributed by atoms with van der Waals surface area (Å²) in [5, 5.41) is 11.7. The molecule has 0 radical (unpaired) electrons. The van der Waals surface area contributed by atoms with Crippen LogP contribution >= 0.6 is 11.3 Å². The number of aromatic amines is 1. The molecule has 1 saturated heterocycles. The molecule has 204 valence electrons. The molecule has 9 heteroatoms. The van der Waals surface area contributed by atoms with Crippen molar-refractivity contribution in [2.75, 3.05) is 19.6 Å². The van der Waals surface area contributed by atoms with Crippen molar-refractivity contribution in [3.05, 3.63) is 86.1 Å². The number of likely N-dealkylation sites (tertiary alicyclic amines) is 1. The third kappa shape index (κ3) is 6.91. The van der Waals surface area contributed by atoms with Gasteiger partial charge in [0.15, 0.2) is 0 Å². The molecule has 8 nitrogen and oxygen atoms in total. The topological polar surface area (TPSA) is 100 Å². The van der Waals surface area contributed by atoms with Crippen molar-refractivity contribution in [2.24, 2.45) is 5.92 Å². The van der Waals surface area contributed by atoms with Crippen molar-refractivity contribution < 1.29 is 9.53 Å². The fourth-order valence-corrected chi connectivity index (χ4v) is 6.06. The number of piperidine rings is 1. The maximum atomic E-state index is 13.3. The summed E-state index contributed by atoms with van der Waals surface area (Å²) in [6.45, 7) is 7.77. The quantitative estimate of drug-likeness (QED) is 0.299. The Kier molecular flexibility index (Phi) is 8.68. The number of ether oxygens (including phenoxy) is 1. The van der Waals surface area contributed by atoms with Gasteiger partial charge in [-0.3, -0.25) is 14.6 Å². The molecular formula is C30H35N5O3S. The smallest absolute Gasteiger partial charge is 0.322 e. The molecule has 2 N–H and O–H groups in total. The van der Waals surface area contributed by atoms with Crippen LogP contribution in [0.15, 0.2) is 59.4 Å². The van der Waals surface area contributed by atoms with E-state index in [9.17, 15) is 9.59 Å². The Balaban J connectivity index is 1.24. The maximum Gasteiger partial charge on any atom is 0.322 e. The summed E-state index contributed by atoms with van der Waals surface area (Å²) >= 11 is 1.11. The number of para-hydroxylation sites is 1. The highest BCUT2D eigenvalue weighted by atomic mass is 32.1. The van der Waals surface area contributed by atoms with Crippen LogP contribution in [0.25, 0.3) is 10.9 Å². The average molecular weight is 546 g/mol. The summed E-state index contributed by atoms with van der Waals surface area (Å²) in [6.07, 6.45) is 3.72. The lowest BCUT2D eigenvalue weighted by Gasteiger charge is -2.36. The molecule has 0 aliphatic carbocycles. The van der Waals surface area contributed by atoms with E-state index in [0.29, 0.717) is 30.3 Å². The third-order valence-electron chi connectivity index (χ3n) is 7.38. The molecule has 4 aromatic rings. The van der Waals surface area contributed by atoms with Crippen LogP contribution in [-0.2, 0) is 13.0 Å². The van der Waals surface area contributed by atoms with Crippen LogP contribution in [0.1, 0.15) is 52.8 Å². The van der Waals surface area contributed by atoms with Crippen LogP contribution in [0.2, 0.25) is 0 Å². The van der Waals surface area contributed by atoms with E-state index < -0.39 is 0 Å². The summed E-state index contributed by atoms with van der Waals surface area (Å²) in [5.74, 6) is 0.912. The molecule has 0 bridgehead atoms. The van der Waals surface area contributed by atoms with Crippen molar-refractivity contribution in [2.45, 2.75) is 52.2 Å². The number of nitrogens with zero attached hydrogens (tertiary/aromatic N) is 3. The second-order valence-electron chi connectivity index (χ2n) is 10.2. The minimum Gasteiger partial charge on any atom is -0.489 e. The molecule has 1 unspecified atom stereocenters. The number of hydrogen-bond acceptors (Lipinski definition) is 7. The Morgan fingerprint density at radius 2 is 1.95 bits per heavy atom. The van der Waals surface area contributed by atoms with Crippen LogP contribution in [0, 0.1) is 12.8 Å². The van der Waals surface area contributed by atoms with Gasteiger partial charge in [0, 0.05) is 34.7 Å². The van der Waals surface area contributed by atoms with Gasteiger partial charge >= 0.3 is 4.87 Å². The molecule has 1 aliphatic heterocycles. The predicted octanol–water partition coefficient (Wildman–Crippen LogP) is 4.73. The molecule has 1 amide bonds. The van der Waals surface area contributed by atoms with E-state index in [2.05, 4.69) is 38.4 Å². The molecule has 1 aliphatic rings. The van der Waals surface area contributed by atoms with Gasteiger partial charge in [0.25, 0.3) is 5.91 Å². The maximum absolute atomic E-state index is 13.3. The van der Waals surface area contributed by atoms with Crippen LogP contribution in [0.4, 0.5) is 0 Å². The fourth-order valence-electron chi connectivity index (χ4n) is 5.40. The molecule has 1 fully saturated rings. The largest absolute Gasteiger partial charge is 0.489 e. The van der Waals surface area contributed by atoms with Gasteiger partial charge < -0.3 is 15.0 Å². The molecule has 0 saturated carbocycles. The van der Waals surface area contributed by atoms with Gasteiger partial charge in [-0.15, -0.1) is 0 Å². The van der Waals surface area contributed by atoms with Crippen molar-refractivity contribution in [1.29, 1.82) is 0 Å². The Bertz CT molecular complexity index is 1460. The number of rotatable bonds is 10. The third-order valence-corrected chi connectivity index (χ3v) is 8.15. The van der Waals surface area contributed by atoms with Crippen molar-refractivity contribution >= 4 is 28.1 Å². The second kappa shape index (κ2) is 12.5. The zero-order valence-corrected chi connectivity index (χ0v) is 23.3. The van der Waals surface area contributed by atoms with Gasteiger partial charge in [-0.1, -0.05) is 36.5 Å². The first-order valence-corrected chi connectivity index (χ1v) is 14.5. The molecule has 3 heterocycles. The lowest BCUT2D eigenvalue weighted by molar-refractivity contribution is 0.0894. The number of fused-ring (bicyclic) bond motifs is 1. The average Bonchev–Trinajstić information content (AvgIpc) is 3.36. The van der Waals surface area contributed by atoms with E-state index in [1.165, 1.54) is 0 Å². The van der Waals surface area contributed by atoms with Crippen molar-refractivity contribution in [1.82, 2.24) is 25.4 Å². The van der Waals surface area contributed by atoms with E-state index in [-0.39, 0.29) is 16.8 Å². The summed E-state index contributed by atoms with van der Waals surface area (Å²) in [7, 11) is 0. The lowest BCUT2D eigenvalue weighted by atomic mass is 9.87. The minimum absolute atomic E-state index is 0.0839. The van der Waals surface area contributed by atoms with Crippen LogP contribution < -0.4 is 14.9 Å². The first-order chi connectivity index (χ1) is 19.0. The zero-order chi connectivity index (χ0) is 27.2. The standard InChI is InChI=1S/C30H35N5O3S/c1-3-14-35-15-12-21(13-16-35)27(18-28-33-34-30(37)39-28)32-29(36)22-8-10-24(11-9-22)38-19-23-17-20(2)31-26-7-5-4-6-25(23)26/h4-11,17,21,27H,3,12-16,18-19H2,1-2H3,(H,32,36)(H,34,37). The van der Waals surface area contributed by atoms with Crippen LogP contribution in [0.3, 0.4) is 0 Å². The SMILES string of the molecule is CCCN1CCC(C(Cc2n[nH]c(=O)s2)NC(=O)c2ccc(OCc3cc(C)nc4ccccc34)cc2)CC1. The molecule has 2 aromatic heterocycles. The van der Waals surface area contributed by atoms with Gasteiger partial charge in [0.05, 0.1) is 5.52 Å². The normalized spacial score (nSPS) is 15.3. The van der Waals surface area contributed by atoms with Crippen LogP contribution in [0.5, 0.6) is 5.75 Å². The Morgan fingerprint density at radius 3 is 2.67 bits per heavy atom. The molecular weight excluding hydrogens is 510 g/mol. The van der Waals surface area contributed by atoms with E-state index in [4.69, 9.17) is 4.74 Å².